The average Bonchev–Trinajstić information content (AvgIpc) is 3.05. The Labute approximate surface area is 183 Å². The van der Waals surface area contributed by atoms with E-state index in [1.165, 1.54) is 4.90 Å². The first-order valence-electron chi connectivity index (χ1n) is 9.40. The summed E-state index contributed by atoms with van der Waals surface area (Å²) < 4.78 is 5.57. The lowest BCUT2D eigenvalue weighted by atomic mass is 10.1. The van der Waals surface area contributed by atoms with Crippen LogP contribution < -0.4 is 15.0 Å². The number of hydrogen-bond acceptors (Lipinski definition) is 5. The van der Waals surface area contributed by atoms with Crippen LogP contribution in [0, 0.1) is 20.8 Å². The zero-order valence-electron chi connectivity index (χ0n) is 16.8. The molecule has 0 unspecified atom stereocenters. The van der Waals surface area contributed by atoms with Crippen molar-refractivity contribution in [2.75, 3.05) is 23.4 Å². The van der Waals surface area contributed by atoms with Gasteiger partial charge in [0, 0.05) is 21.2 Å². The SMILES string of the molecule is Cc1nc(-c2ccc3c(c2)N(CC(=O)Nc2cccc(Cl)c2C)C(=O)CO3)c(C)s1. The summed E-state index contributed by atoms with van der Waals surface area (Å²) in [7, 11) is 0. The van der Waals surface area contributed by atoms with Crippen molar-refractivity contribution < 1.29 is 14.3 Å². The second-order valence-corrected chi connectivity index (χ2v) is 8.86. The van der Waals surface area contributed by atoms with E-state index in [1.54, 1.807) is 29.5 Å². The first kappa shape index (κ1) is 20.4. The summed E-state index contributed by atoms with van der Waals surface area (Å²) in [5.74, 6) is -0.0221. The molecule has 2 heterocycles. The van der Waals surface area contributed by atoms with Gasteiger partial charge in [0.2, 0.25) is 5.91 Å². The fourth-order valence-corrected chi connectivity index (χ4v) is 4.41. The number of anilines is 2. The monoisotopic (exact) mass is 441 g/mol. The number of thiazole rings is 1. The van der Waals surface area contributed by atoms with Gasteiger partial charge in [-0.3, -0.25) is 14.5 Å². The van der Waals surface area contributed by atoms with Crippen LogP contribution in [0.4, 0.5) is 11.4 Å². The molecule has 0 spiro atoms. The van der Waals surface area contributed by atoms with E-state index in [4.69, 9.17) is 16.3 Å². The predicted octanol–water partition coefficient (Wildman–Crippen LogP) is 4.75. The van der Waals surface area contributed by atoms with E-state index in [0.29, 0.717) is 22.1 Å². The average molecular weight is 442 g/mol. The Bertz CT molecular complexity index is 1160. The smallest absolute Gasteiger partial charge is 0.265 e. The third-order valence-electron chi connectivity index (χ3n) is 4.92. The highest BCUT2D eigenvalue weighted by Crippen LogP contribution is 2.37. The molecule has 0 aliphatic carbocycles. The highest BCUT2D eigenvalue weighted by molar-refractivity contribution is 7.11. The number of amides is 2. The molecule has 4 rings (SSSR count). The summed E-state index contributed by atoms with van der Waals surface area (Å²) in [6, 6.07) is 10.9. The molecule has 1 aliphatic rings. The number of halogens is 1. The number of hydrogen-bond donors (Lipinski definition) is 1. The summed E-state index contributed by atoms with van der Waals surface area (Å²) in [6.45, 7) is 5.57. The zero-order chi connectivity index (χ0) is 21.4. The summed E-state index contributed by atoms with van der Waals surface area (Å²) >= 11 is 7.75. The molecule has 0 saturated carbocycles. The van der Waals surface area contributed by atoms with Crippen molar-refractivity contribution >= 4 is 46.1 Å². The second kappa shape index (κ2) is 8.08. The molecule has 1 N–H and O–H groups in total. The molecule has 0 fully saturated rings. The largest absolute Gasteiger partial charge is 0.482 e. The van der Waals surface area contributed by atoms with Crippen LogP contribution in [0.5, 0.6) is 5.75 Å². The maximum Gasteiger partial charge on any atom is 0.265 e. The van der Waals surface area contributed by atoms with Crippen LogP contribution in [0.15, 0.2) is 36.4 Å². The van der Waals surface area contributed by atoms with E-state index in [9.17, 15) is 9.59 Å². The molecule has 0 atom stereocenters. The van der Waals surface area contributed by atoms with Crippen molar-refractivity contribution in [1.82, 2.24) is 4.98 Å². The minimum absolute atomic E-state index is 0.106. The van der Waals surface area contributed by atoms with Gasteiger partial charge in [0.05, 0.1) is 16.4 Å². The van der Waals surface area contributed by atoms with Crippen molar-refractivity contribution in [3.8, 4) is 17.0 Å². The van der Waals surface area contributed by atoms with Crippen molar-refractivity contribution in [2.24, 2.45) is 0 Å². The topological polar surface area (TPSA) is 71.5 Å². The number of carbonyl (C=O) groups is 2. The Morgan fingerprint density at radius 2 is 2.07 bits per heavy atom. The minimum Gasteiger partial charge on any atom is -0.482 e. The summed E-state index contributed by atoms with van der Waals surface area (Å²) in [4.78, 5) is 32.4. The normalized spacial score (nSPS) is 13.1. The van der Waals surface area contributed by atoms with Gasteiger partial charge in [0.15, 0.2) is 6.61 Å². The fourth-order valence-electron chi connectivity index (χ4n) is 3.40. The lowest BCUT2D eigenvalue weighted by Gasteiger charge is -2.29. The number of rotatable bonds is 4. The van der Waals surface area contributed by atoms with Crippen molar-refractivity contribution in [1.29, 1.82) is 0 Å². The van der Waals surface area contributed by atoms with Crippen LogP contribution in [0.3, 0.4) is 0 Å². The lowest BCUT2D eigenvalue weighted by molar-refractivity contribution is -0.123. The number of carbonyl (C=O) groups excluding carboxylic acids is 2. The number of ether oxygens (including phenoxy) is 1. The van der Waals surface area contributed by atoms with Gasteiger partial charge in [-0.1, -0.05) is 17.7 Å². The molecule has 6 nitrogen and oxygen atoms in total. The van der Waals surface area contributed by atoms with Gasteiger partial charge in [0.25, 0.3) is 5.91 Å². The number of nitrogens with one attached hydrogen (secondary N) is 1. The quantitative estimate of drug-likeness (QED) is 0.634. The zero-order valence-corrected chi connectivity index (χ0v) is 18.4. The third kappa shape index (κ3) is 3.91. The van der Waals surface area contributed by atoms with Gasteiger partial charge in [-0.25, -0.2) is 4.98 Å². The predicted molar refractivity (Wildman–Crippen MR) is 120 cm³/mol. The molecule has 3 aromatic rings. The van der Waals surface area contributed by atoms with Crippen LogP contribution >= 0.6 is 22.9 Å². The van der Waals surface area contributed by atoms with Crippen molar-refractivity contribution in [3.05, 3.63) is 56.9 Å². The Hall–Kier alpha value is -2.90. The highest BCUT2D eigenvalue weighted by Gasteiger charge is 2.28. The van der Waals surface area contributed by atoms with Gasteiger partial charge < -0.3 is 10.1 Å². The van der Waals surface area contributed by atoms with Crippen LogP contribution in [0.25, 0.3) is 11.3 Å². The van der Waals surface area contributed by atoms with Crippen LogP contribution in [0.2, 0.25) is 5.02 Å². The van der Waals surface area contributed by atoms with E-state index in [2.05, 4.69) is 10.3 Å². The number of aryl methyl sites for hydroxylation is 2. The van der Waals surface area contributed by atoms with Crippen molar-refractivity contribution in [3.63, 3.8) is 0 Å². The molecule has 1 aromatic heterocycles. The maximum atomic E-state index is 12.7. The Kier molecular flexibility index (Phi) is 5.49. The molecular weight excluding hydrogens is 422 g/mol. The van der Waals surface area contributed by atoms with E-state index in [1.807, 2.05) is 39.0 Å². The van der Waals surface area contributed by atoms with Crippen LogP contribution in [-0.2, 0) is 9.59 Å². The van der Waals surface area contributed by atoms with Gasteiger partial charge >= 0.3 is 0 Å². The molecule has 154 valence electrons. The molecule has 2 amide bonds. The molecule has 0 radical (unpaired) electrons. The Morgan fingerprint density at radius 3 is 2.80 bits per heavy atom. The number of fused-ring (bicyclic) bond motifs is 1. The highest BCUT2D eigenvalue weighted by atomic mass is 35.5. The van der Waals surface area contributed by atoms with Crippen molar-refractivity contribution in [2.45, 2.75) is 20.8 Å². The van der Waals surface area contributed by atoms with Gasteiger partial charge in [-0.15, -0.1) is 11.3 Å². The molecule has 1 aliphatic heterocycles. The Balaban J connectivity index is 1.62. The molecule has 8 heteroatoms. The Morgan fingerprint density at radius 1 is 1.27 bits per heavy atom. The van der Waals surface area contributed by atoms with Gasteiger partial charge in [-0.2, -0.15) is 0 Å². The summed E-state index contributed by atoms with van der Waals surface area (Å²) in [5, 5.41) is 4.38. The van der Waals surface area contributed by atoms with Gasteiger partial charge in [0.1, 0.15) is 12.3 Å². The maximum absolute atomic E-state index is 12.7. The standard InChI is InChI=1S/C22H20ClN3O3S/c1-12-16(23)5-4-6-17(12)25-20(27)10-26-18-9-15(22-13(2)30-14(3)24-22)7-8-19(18)29-11-21(26)28/h4-9H,10-11H2,1-3H3,(H,25,27). The minimum atomic E-state index is -0.312. The molecular formula is C22H20ClN3O3S. The van der Waals surface area contributed by atoms with Crippen LogP contribution in [0.1, 0.15) is 15.4 Å². The second-order valence-electron chi connectivity index (χ2n) is 7.05. The molecule has 0 saturated heterocycles. The first-order valence-corrected chi connectivity index (χ1v) is 10.6. The van der Waals surface area contributed by atoms with Crippen LogP contribution in [-0.4, -0.2) is 29.9 Å². The fraction of sp³-hybridized carbons (Fsp3) is 0.227. The van der Waals surface area contributed by atoms with E-state index >= 15 is 0 Å². The van der Waals surface area contributed by atoms with E-state index in [-0.39, 0.29) is 25.0 Å². The number of benzene rings is 2. The van der Waals surface area contributed by atoms with E-state index in [0.717, 1.165) is 26.7 Å². The summed E-state index contributed by atoms with van der Waals surface area (Å²) in [5.41, 5.74) is 3.71. The third-order valence-corrected chi connectivity index (χ3v) is 6.22. The first-order chi connectivity index (χ1) is 14.3. The lowest BCUT2D eigenvalue weighted by Crippen LogP contribution is -2.43. The molecule has 30 heavy (non-hydrogen) atoms. The molecule has 2 aromatic carbocycles. The number of aromatic nitrogens is 1. The van der Waals surface area contributed by atoms with Gasteiger partial charge in [-0.05, 0) is 56.7 Å². The van der Waals surface area contributed by atoms with E-state index < -0.39 is 0 Å². The number of nitrogens with zero attached hydrogens (tertiary/aromatic N) is 2. The molecule has 0 bridgehead atoms. The summed E-state index contributed by atoms with van der Waals surface area (Å²) in [6.07, 6.45) is 0.